The molecule has 2 atom stereocenters. The molecule has 262 valence electrons. The quantitative estimate of drug-likeness (QED) is 0.0778. The fraction of sp³-hybridized carbons (Fsp3) is 0.515. The van der Waals surface area contributed by atoms with Gasteiger partial charge >= 0.3 is 13.9 Å². The fourth-order valence-corrected chi connectivity index (χ4v) is 5.82. The first kappa shape index (κ1) is 39.1. The number of nitrogens with zero attached hydrogens (tertiary/aromatic N) is 5. The standard InChI is InChI=1S/C33H48N7O6PS/c1-37(2)21-28-19-26(20-29(35-28)22-38(3)4)10-9-25-11-13-27(14-12-25)36-32(48)34-16-7-5-6-8-17-40-31(42)15-18-39(33(40)43)23-30(24-41)46-47(44)45/h11-15,18-20,30,41H,5-10,16-17,21-24H2,1-4H3,(H2-,34,36,44,45,48)/p+1. The Bertz CT molecular complexity index is 1570. The monoisotopic (exact) mass is 702 g/mol. The number of aliphatic hydroxyl groups excluding tert-OH is 1. The van der Waals surface area contributed by atoms with Crippen molar-refractivity contribution in [3.05, 3.63) is 92.0 Å². The molecule has 2 unspecified atom stereocenters. The van der Waals surface area contributed by atoms with Crippen LogP contribution in [0.4, 0.5) is 5.69 Å². The van der Waals surface area contributed by atoms with Crippen LogP contribution in [-0.2, 0) is 48.1 Å². The summed E-state index contributed by atoms with van der Waals surface area (Å²) in [4.78, 5) is 43.0. The minimum atomic E-state index is -2.93. The number of aromatic nitrogens is 3. The number of hydrogen-bond donors (Lipinski definition) is 4. The average Bonchev–Trinajstić information content (AvgIpc) is 3.01. The normalized spacial score (nSPS) is 12.4. The number of unbranched alkanes of at least 4 members (excludes halogenated alkanes) is 3. The van der Waals surface area contributed by atoms with E-state index in [-0.39, 0.29) is 13.1 Å². The molecular formula is C33H49N7O6PS+. The molecule has 48 heavy (non-hydrogen) atoms. The van der Waals surface area contributed by atoms with Crippen LogP contribution >= 0.6 is 20.5 Å². The van der Waals surface area contributed by atoms with E-state index in [0.29, 0.717) is 18.1 Å². The van der Waals surface area contributed by atoms with Crippen molar-refractivity contribution < 1.29 is 19.1 Å². The molecule has 0 fully saturated rings. The molecule has 0 bridgehead atoms. The number of rotatable bonds is 20. The zero-order chi connectivity index (χ0) is 35.1. The van der Waals surface area contributed by atoms with E-state index in [1.807, 2.05) is 12.1 Å². The van der Waals surface area contributed by atoms with E-state index in [1.165, 1.54) is 28.0 Å². The van der Waals surface area contributed by atoms with Gasteiger partial charge in [-0.15, -0.1) is 9.42 Å². The highest BCUT2D eigenvalue weighted by Crippen LogP contribution is 2.18. The molecule has 13 nitrogen and oxygen atoms in total. The molecule has 3 rings (SSSR count). The molecule has 4 N–H and O–H groups in total. The maximum absolute atomic E-state index is 12.7. The zero-order valence-electron chi connectivity index (χ0n) is 28.3. The number of aryl methyl sites for hydroxylation is 2. The summed E-state index contributed by atoms with van der Waals surface area (Å²) in [7, 11) is 5.30. The molecular weight excluding hydrogens is 653 g/mol. The summed E-state index contributed by atoms with van der Waals surface area (Å²) in [5.74, 6) is 0. The van der Waals surface area contributed by atoms with Crippen molar-refractivity contribution in [1.82, 2.24) is 29.2 Å². The molecule has 1 aromatic carbocycles. The largest absolute Gasteiger partial charge is 0.695 e. The highest BCUT2D eigenvalue weighted by molar-refractivity contribution is 7.80. The van der Waals surface area contributed by atoms with Crippen molar-refractivity contribution in [2.24, 2.45) is 0 Å². The summed E-state index contributed by atoms with van der Waals surface area (Å²) in [6, 6.07) is 14.0. The summed E-state index contributed by atoms with van der Waals surface area (Å²) >= 11 is 5.47. The van der Waals surface area contributed by atoms with Gasteiger partial charge in [0.2, 0.25) is 0 Å². The number of hydrogen-bond acceptors (Lipinski definition) is 9. The average molecular weight is 703 g/mol. The summed E-state index contributed by atoms with van der Waals surface area (Å²) in [5, 5.41) is 16.4. The molecule has 0 aliphatic heterocycles. The number of anilines is 1. The lowest BCUT2D eigenvalue weighted by Crippen LogP contribution is -2.41. The van der Waals surface area contributed by atoms with Crippen LogP contribution in [0, 0.1) is 0 Å². The second-order valence-electron chi connectivity index (χ2n) is 12.3. The number of aliphatic hydroxyl groups is 1. The summed E-state index contributed by atoms with van der Waals surface area (Å²) < 4.78 is 17.9. The van der Waals surface area contributed by atoms with Crippen LogP contribution in [0.25, 0.3) is 0 Å². The number of nitrogens with one attached hydrogen (secondary N) is 2. The van der Waals surface area contributed by atoms with Gasteiger partial charge in [-0.1, -0.05) is 25.0 Å². The van der Waals surface area contributed by atoms with Gasteiger partial charge in [0, 0.05) is 48.7 Å². The summed E-state index contributed by atoms with van der Waals surface area (Å²) in [6.07, 6.45) is 5.31. The van der Waals surface area contributed by atoms with Gasteiger partial charge in [0.15, 0.2) is 11.2 Å². The Labute approximate surface area is 288 Å². The van der Waals surface area contributed by atoms with E-state index in [2.05, 4.69) is 72.9 Å². The number of benzene rings is 1. The van der Waals surface area contributed by atoms with Gasteiger partial charge in [-0.3, -0.25) is 18.9 Å². The van der Waals surface area contributed by atoms with Gasteiger partial charge in [0.1, 0.15) is 0 Å². The molecule has 0 aliphatic rings. The Balaban J connectivity index is 1.37. The van der Waals surface area contributed by atoms with E-state index in [0.717, 1.165) is 66.8 Å². The lowest BCUT2D eigenvalue weighted by atomic mass is 10.0. The van der Waals surface area contributed by atoms with E-state index >= 15 is 0 Å². The van der Waals surface area contributed by atoms with Crippen molar-refractivity contribution in [1.29, 1.82) is 0 Å². The Morgan fingerprint density at radius 3 is 2.19 bits per heavy atom. The third-order valence-corrected chi connectivity index (χ3v) is 8.16. The molecule has 3 aromatic rings. The van der Waals surface area contributed by atoms with Gasteiger partial charge in [0.25, 0.3) is 5.56 Å². The van der Waals surface area contributed by atoms with Gasteiger partial charge in [-0.2, -0.15) is 0 Å². The van der Waals surface area contributed by atoms with Crippen LogP contribution in [-0.4, -0.2) is 86.5 Å². The maximum atomic E-state index is 12.7. The van der Waals surface area contributed by atoms with Crippen LogP contribution in [0.1, 0.15) is 48.2 Å². The molecule has 0 saturated carbocycles. The summed E-state index contributed by atoms with van der Waals surface area (Å²) in [6.45, 7) is 1.87. The van der Waals surface area contributed by atoms with Crippen molar-refractivity contribution in [2.75, 3.05) is 46.7 Å². The van der Waals surface area contributed by atoms with E-state index < -0.39 is 32.2 Å². The van der Waals surface area contributed by atoms with Crippen molar-refractivity contribution in [3.63, 3.8) is 0 Å². The van der Waals surface area contributed by atoms with Gasteiger partial charge in [0.05, 0.1) is 24.5 Å². The Hall–Kier alpha value is -3.36. The molecule has 2 heterocycles. The Morgan fingerprint density at radius 1 is 0.958 bits per heavy atom. The van der Waals surface area contributed by atoms with Gasteiger partial charge in [-0.25, -0.2) is 4.79 Å². The van der Waals surface area contributed by atoms with E-state index in [9.17, 15) is 19.3 Å². The SMILES string of the molecule is CN(C)Cc1cc(CCc2ccc(NC(=S)NCCCCCCn3c(=O)ccn(CC(CO)O[P+](=O)O)c3=O)cc2)cc(CN(C)C)n1. The van der Waals surface area contributed by atoms with Crippen LogP contribution in [0.3, 0.4) is 0 Å². The van der Waals surface area contributed by atoms with E-state index in [4.69, 9.17) is 26.6 Å². The first-order chi connectivity index (χ1) is 22.9. The molecule has 15 heteroatoms. The highest BCUT2D eigenvalue weighted by Gasteiger charge is 2.23. The predicted molar refractivity (Wildman–Crippen MR) is 192 cm³/mol. The van der Waals surface area contributed by atoms with Crippen LogP contribution in [0.5, 0.6) is 0 Å². The second-order valence-corrected chi connectivity index (χ2v) is 13.4. The van der Waals surface area contributed by atoms with Gasteiger partial charge in [-0.05, 0) is 101 Å². The molecule has 0 aliphatic carbocycles. The zero-order valence-corrected chi connectivity index (χ0v) is 30.0. The highest BCUT2D eigenvalue weighted by atomic mass is 32.1. The minimum Gasteiger partial charge on any atom is -0.393 e. The molecule has 0 saturated heterocycles. The van der Waals surface area contributed by atoms with Crippen LogP contribution in [0.15, 0.2) is 58.3 Å². The molecule has 0 radical (unpaired) electrons. The Kier molecular flexibility index (Phi) is 16.5. The maximum Gasteiger partial charge on any atom is 0.695 e. The lowest BCUT2D eigenvalue weighted by Gasteiger charge is -2.15. The second kappa shape index (κ2) is 20.2. The summed E-state index contributed by atoms with van der Waals surface area (Å²) in [5.41, 5.74) is 4.67. The smallest absolute Gasteiger partial charge is 0.393 e. The molecule has 2 aromatic heterocycles. The molecule has 0 amide bonds. The fourth-order valence-electron chi connectivity index (χ4n) is 5.21. The van der Waals surface area contributed by atoms with Crippen LogP contribution in [0.2, 0.25) is 0 Å². The lowest BCUT2D eigenvalue weighted by molar-refractivity contribution is 0.0955. The topological polar surface area (TPSA) is 154 Å². The minimum absolute atomic E-state index is 0.149. The number of pyridine rings is 1. The molecule has 0 spiro atoms. The Morgan fingerprint density at radius 2 is 1.58 bits per heavy atom. The third kappa shape index (κ3) is 14.0. The van der Waals surface area contributed by atoms with Crippen LogP contribution < -0.4 is 21.9 Å². The predicted octanol–water partition coefficient (Wildman–Crippen LogP) is 2.89. The first-order valence-electron chi connectivity index (χ1n) is 16.1. The van der Waals surface area contributed by atoms with Crippen molar-refractivity contribution in [2.45, 2.75) is 70.8 Å². The van der Waals surface area contributed by atoms with Crippen molar-refractivity contribution in [3.8, 4) is 0 Å². The number of thiocarbonyl (C=S) groups is 1. The first-order valence-corrected chi connectivity index (χ1v) is 17.6. The van der Waals surface area contributed by atoms with Crippen molar-refractivity contribution >= 4 is 31.3 Å². The van der Waals surface area contributed by atoms with E-state index in [1.54, 1.807) is 0 Å². The third-order valence-electron chi connectivity index (χ3n) is 7.44. The van der Waals surface area contributed by atoms with Gasteiger partial charge < -0.3 is 25.5 Å².